The number of nitrogens with zero attached hydrogens (tertiary/aromatic N) is 2. The average Bonchev–Trinajstić information content (AvgIpc) is 2.83. The Morgan fingerprint density at radius 3 is 2.82 bits per heavy atom. The second-order valence-electron chi connectivity index (χ2n) is 4.57. The van der Waals surface area contributed by atoms with E-state index in [4.69, 9.17) is 4.74 Å². The molecule has 0 radical (unpaired) electrons. The zero-order valence-electron chi connectivity index (χ0n) is 12.1. The van der Waals surface area contributed by atoms with Gasteiger partial charge in [0.25, 0.3) is 0 Å². The molecule has 22 heavy (non-hydrogen) atoms. The number of carboxylic acids is 1. The Morgan fingerprint density at radius 1 is 1.59 bits per heavy atom. The van der Waals surface area contributed by atoms with Gasteiger partial charge in [-0.1, -0.05) is 6.07 Å². The molecule has 0 fully saturated rings. The number of hydrogen-bond acceptors (Lipinski definition) is 5. The van der Waals surface area contributed by atoms with Crippen molar-refractivity contribution in [1.82, 2.24) is 9.97 Å². The summed E-state index contributed by atoms with van der Waals surface area (Å²) in [6, 6.07) is 3.35. The van der Waals surface area contributed by atoms with Gasteiger partial charge in [-0.15, -0.1) is 0 Å². The Bertz CT molecular complexity index is 696. The molecule has 0 saturated carbocycles. The monoisotopic (exact) mass is 305 g/mol. The summed E-state index contributed by atoms with van der Waals surface area (Å²) in [5.41, 5.74) is 0.621. The minimum Gasteiger partial charge on any atom is -0.478 e. The number of aromatic nitrogens is 2. The minimum atomic E-state index is -1.24. The van der Waals surface area contributed by atoms with Gasteiger partial charge in [-0.3, -0.25) is 4.98 Å². The lowest BCUT2D eigenvalue weighted by Gasteiger charge is -2.17. The van der Waals surface area contributed by atoms with Crippen molar-refractivity contribution in [1.29, 1.82) is 0 Å². The molecule has 116 valence electrons. The fourth-order valence-electron chi connectivity index (χ4n) is 2.35. The van der Waals surface area contributed by atoms with Crippen molar-refractivity contribution in [2.24, 2.45) is 0 Å². The van der Waals surface area contributed by atoms with E-state index in [0.29, 0.717) is 5.56 Å². The van der Waals surface area contributed by atoms with Crippen molar-refractivity contribution in [3.8, 4) is 0 Å². The quantitative estimate of drug-likeness (QED) is 0.625. The summed E-state index contributed by atoms with van der Waals surface area (Å²) in [5, 5.41) is 20.7. The number of rotatable bonds is 6. The Labute approximate surface area is 125 Å². The number of ether oxygens (including phenoxy) is 1. The van der Waals surface area contributed by atoms with Crippen LogP contribution in [0.4, 0.5) is 5.82 Å². The van der Waals surface area contributed by atoms with Gasteiger partial charge in [0, 0.05) is 24.6 Å². The Balaban J connectivity index is 2.70. The molecule has 1 unspecified atom stereocenters. The molecule has 2 N–H and O–H groups in total. The summed E-state index contributed by atoms with van der Waals surface area (Å²) in [6.45, 7) is 3.47. The molecule has 0 bridgehead atoms. The Kier molecular flexibility index (Phi) is 4.52. The molecule has 0 aliphatic carbocycles. The molecular formula is C14H15N3O5. The van der Waals surface area contributed by atoms with E-state index >= 15 is 0 Å². The molecule has 8 nitrogen and oxygen atoms in total. The Morgan fingerprint density at radius 2 is 2.32 bits per heavy atom. The summed E-state index contributed by atoms with van der Waals surface area (Å²) in [6.07, 6.45) is 2.18. The highest BCUT2D eigenvalue weighted by molar-refractivity contribution is 5.92. The average molecular weight is 305 g/mol. The number of aromatic carboxylic acids is 1. The first-order chi connectivity index (χ1) is 10.5. The topological polar surface area (TPSA) is 118 Å². The second-order valence-corrected chi connectivity index (χ2v) is 4.57. The SMILES string of the molecule is CCOC(c1cccnc1)c1c([N+](=O)[O-])[nH]c(C)c1C(=O)O. The largest absolute Gasteiger partial charge is 0.478 e. The predicted molar refractivity (Wildman–Crippen MR) is 76.8 cm³/mol. The smallest absolute Gasteiger partial charge is 0.340 e. The third-order valence-corrected chi connectivity index (χ3v) is 3.18. The predicted octanol–water partition coefficient (Wildman–Crippen LogP) is 2.45. The maximum Gasteiger partial charge on any atom is 0.340 e. The number of aromatic amines is 1. The maximum absolute atomic E-state index is 11.5. The van der Waals surface area contributed by atoms with Crippen molar-refractivity contribution in [2.45, 2.75) is 20.0 Å². The molecule has 0 aliphatic rings. The fourth-order valence-corrected chi connectivity index (χ4v) is 2.35. The third kappa shape index (κ3) is 2.82. The summed E-state index contributed by atoms with van der Waals surface area (Å²) < 4.78 is 5.58. The standard InChI is InChI=1S/C14H15N3O5/c1-3-22-12(9-5-4-6-15-7-9)11-10(14(18)19)8(2)16-13(11)17(20)21/h4-7,12,16H,3H2,1-2H3,(H,18,19). The summed E-state index contributed by atoms with van der Waals surface area (Å²) in [7, 11) is 0. The van der Waals surface area contributed by atoms with Gasteiger partial charge in [-0.2, -0.15) is 0 Å². The van der Waals surface area contributed by atoms with Crippen LogP contribution in [0.3, 0.4) is 0 Å². The molecule has 2 aromatic rings. The fraction of sp³-hybridized carbons (Fsp3) is 0.286. The zero-order valence-corrected chi connectivity index (χ0v) is 12.1. The van der Waals surface area contributed by atoms with Gasteiger partial charge in [0.05, 0.1) is 5.56 Å². The van der Waals surface area contributed by atoms with Gasteiger partial charge >= 0.3 is 11.8 Å². The van der Waals surface area contributed by atoms with E-state index in [-0.39, 0.29) is 29.2 Å². The van der Waals surface area contributed by atoms with E-state index < -0.39 is 17.0 Å². The number of nitro groups is 1. The molecule has 1 atom stereocenters. The van der Waals surface area contributed by atoms with Crippen LogP contribution in [-0.2, 0) is 4.74 Å². The lowest BCUT2D eigenvalue weighted by atomic mass is 9.99. The molecular weight excluding hydrogens is 290 g/mol. The first kappa shape index (κ1) is 15.6. The molecule has 0 amide bonds. The molecule has 2 rings (SSSR count). The van der Waals surface area contributed by atoms with Crippen LogP contribution in [0.2, 0.25) is 0 Å². The van der Waals surface area contributed by atoms with Crippen molar-refractivity contribution >= 4 is 11.8 Å². The maximum atomic E-state index is 11.5. The third-order valence-electron chi connectivity index (χ3n) is 3.18. The summed E-state index contributed by atoms with van der Waals surface area (Å²) >= 11 is 0. The van der Waals surface area contributed by atoms with Crippen LogP contribution >= 0.6 is 0 Å². The van der Waals surface area contributed by atoms with E-state index in [9.17, 15) is 20.0 Å². The zero-order chi connectivity index (χ0) is 16.3. The van der Waals surface area contributed by atoms with E-state index in [1.165, 1.54) is 13.1 Å². The van der Waals surface area contributed by atoms with Crippen LogP contribution in [0.1, 0.15) is 40.2 Å². The van der Waals surface area contributed by atoms with Crippen LogP contribution in [0, 0.1) is 17.0 Å². The Hall–Kier alpha value is -2.74. The number of carbonyl (C=O) groups is 1. The van der Waals surface area contributed by atoms with Gasteiger partial charge in [0.15, 0.2) is 0 Å². The highest BCUT2D eigenvalue weighted by Crippen LogP contribution is 2.36. The lowest BCUT2D eigenvalue weighted by Crippen LogP contribution is -2.12. The van der Waals surface area contributed by atoms with Gasteiger partial charge in [0.2, 0.25) is 0 Å². The molecule has 0 saturated heterocycles. The van der Waals surface area contributed by atoms with Gasteiger partial charge in [-0.25, -0.2) is 9.78 Å². The number of carboxylic acid groups (broad SMARTS) is 1. The second kappa shape index (κ2) is 6.35. The van der Waals surface area contributed by atoms with E-state index in [1.54, 1.807) is 25.3 Å². The van der Waals surface area contributed by atoms with Crippen molar-refractivity contribution < 1.29 is 19.6 Å². The van der Waals surface area contributed by atoms with Crippen molar-refractivity contribution in [2.75, 3.05) is 6.61 Å². The summed E-state index contributed by atoms with van der Waals surface area (Å²) in [4.78, 5) is 28.6. The van der Waals surface area contributed by atoms with Gasteiger partial charge in [-0.05, 0) is 24.8 Å². The van der Waals surface area contributed by atoms with Crippen LogP contribution in [0.25, 0.3) is 0 Å². The first-order valence-electron chi connectivity index (χ1n) is 6.59. The van der Waals surface area contributed by atoms with Crippen LogP contribution in [0.15, 0.2) is 24.5 Å². The van der Waals surface area contributed by atoms with Crippen LogP contribution in [0.5, 0.6) is 0 Å². The van der Waals surface area contributed by atoms with Crippen LogP contribution < -0.4 is 0 Å². The molecule has 2 heterocycles. The van der Waals surface area contributed by atoms with Gasteiger partial charge < -0.3 is 20.0 Å². The molecule has 2 aromatic heterocycles. The first-order valence-corrected chi connectivity index (χ1v) is 6.59. The van der Waals surface area contributed by atoms with E-state index in [2.05, 4.69) is 9.97 Å². The number of pyridine rings is 1. The van der Waals surface area contributed by atoms with Crippen LogP contribution in [-0.4, -0.2) is 32.6 Å². The minimum absolute atomic E-state index is 0.00449. The highest BCUT2D eigenvalue weighted by Gasteiger charge is 2.34. The van der Waals surface area contributed by atoms with E-state index in [1.807, 2.05) is 0 Å². The normalized spacial score (nSPS) is 12.1. The molecule has 8 heteroatoms. The highest BCUT2D eigenvalue weighted by atomic mass is 16.6. The van der Waals surface area contributed by atoms with Crippen molar-refractivity contribution in [3.63, 3.8) is 0 Å². The number of aryl methyl sites for hydroxylation is 1. The van der Waals surface area contributed by atoms with Gasteiger partial charge in [0.1, 0.15) is 17.4 Å². The number of hydrogen-bond donors (Lipinski definition) is 2. The molecule has 0 spiro atoms. The summed E-state index contributed by atoms with van der Waals surface area (Å²) in [5.74, 6) is -1.62. The number of nitrogens with one attached hydrogen (secondary N) is 1. The van der Waals surface area contributed by atoms with E-state index in [0.717, 1.165) is 0 Å². The lowest BCUT2D eigenvalue weighted by molar-refractivity contribution is -0.390. The molecule has 0 aromatic carbocycles. The molecule has 0 aliphatic heterocycles. The van der Waals surface area contributed by atoms with Crippen molar-refractivity contribution in [3.05, 3.63) is 57.0 Å². The number of H-pyrrole nitrogens is 1.